The van der Waals surface area contributed by atoms with Gasteiger partial charge in [-0.3, -0.25) is 0 Å². The molecule has 2 aliphatic rings. The maximum Gasteiger partial charge on any atom is 0.243 e. The molecule has 1 N–H and O–H groups in total. The van der Waals surface area contributed by atoms with Crippen molar-refractivity contribution in [1.29, 1.82) is 0 Å². The highest BCUT2D eigenvalue weighted by molar-refractivity contribution is 5.85. The van der Waals surface area contributed by atoms with Crippen molar-refractivity contribution in [2.75, 3.05) is 6.54 Å². The Morgan fingerprint density at radius 2 is 1.78 bits per heavy atom. The minimum Gasteiger partial charge on any atom is -0.338 e. The van der Waals surface area contributed by atoms with Gasteiger partial charge in [-0.25, -0.2) is 0 Å². The van der Waals surface area contributed by atoms with Gasteiger partial charge in [0.15, 0.2) is 5.82 Å². The summed E-state index contributed by atoms with van der Waals surface area (Å²) in [6.45, 7) is 1.08. The molecule has 1 atom stereocenters. The van der Waals surface area contributed by atoms with Crippen LogP contribution >= 0.6 is 12.4 Å². The van der Waals surface area contributed by atoms with Gasteiger partial charge < -0.3 is 9.84 Å². The van der Waals surface area contributed by atoms with E-state index in [0.29, 0.717) is 12.0 Å². The molecular weight excluding hydrogens is 250 g/mol. The Bertz CT molecular complexity index is 324. The fraction of sp³-hybridized carbons (Fsp3) is 0.846. The van der Waals surface area contributed by atoms with Crippen LogP contribution in [0.2, 0.25) is 0 Å². The molecular formula is C13H22ClN3O. The fourth-order valence-electron chi connectivity index (χ4n) is 2.98. The molecule has 102 valence electrons. The maximum absolute atomic E-state index is 5.43. The second-order valence-corrected chi connectivity index (χ2v) is 5.33. The standard InChI is InChI=1S/C13H21N3O.ClH/c1-2-6-10(7-3-1)12-15-13(17-16-12)11-8-4-5-9-14-11;/h10-11,14H,1-9H2;1H/t11-;/m0./s1. The summed E-state index contributed by atoms with van der Waals surface area (Å²) < 4.78 is 5.43. The second kappa shape index (κ2) is 6.53. The maximum atomic E-state index is 5.43. The first-order valence-electron chi connectivity index (χ1n) is 7.00. The van der Waals surface area contributed by atoms with Gasteiger partial charge >= 0.3 is 0 Å². The Hall–Kier alpha value is -0.610. The van der Waals surface area contributed by atoms with E-state index in [9.17, 15) is 0 Å². The molecule has 0 unspecified atom stereocenters. The van der Waals surface area contributed by atoms with E-state index in [1.54, 1.807) is 0 Å². The number of hydrogen-bond acceptors (Lipinski definition) is 4. The van der Waals surface area contributed by atoms with Crippen molar-refractivity contribution >= 4 is 12.4 Å². The highest BCUT2D eigenvalue weighted by Gasteiger charge is 2.25. The summed E-state index contributed by atoms with van der Waals surface area (Å²) in [5, 5.41) is 7.64. The van der Waals surface area contributed by atoms with E-state index < -0.39 is 0 Å². The molecule has 0 radical (unpaired) electrons. The number of halogens is 1. The lowest BCUT2D eigenvalue weighted by atomic mass is 9.89. The summed E-state index contributed by atoms with van der Waals surface area (Å²) >= 11 is 0. The van der Waals surface area contributed by atoms with E-state index >= 15 is 0 Å². The molecule has 5 heteroatoms. The summed E-state index contributed by atoms with van der Waals surface area (Å²) in [6, 6.07) is 0.300. The SMILES string of the molecule is C1CCC(c2noc([C@@H]3CCCCN3)n2)CC1.Cl. The fourth-order valence-corrected chi connectivity index (χ4v) is 2.98. The third-order valence-corrected chi connectivity index (χ3v) is 4.04. The average molecular weight is 272 g/mol. The molecule has 1 saturated carbocycles. The summed E-state index contributed by atoms with van der Waals surface area (Å²) in [5.41, 5.74) is 0. The minimum absolute atomic E-state index is 0. The minimum atomic E-state index is 0. The zero-order chi connectivity index (χ0) is 11.5. The molecule has 18 heavy (non-hydrogen) atoms. The van der Waals surface area contributed by atoms with Gasteiger partial charge in [0.2, 0.25) is 5.89 Å². The molecule has 1 aliphatic carbocycles. The summed E-state index contributed by atoms with van der Waals surface area (Å²) in [4.78, 5) is 4.62. The highest BCUT2D eigenvalue weighted by Crippen LogP contribution is 2.32. The van der Waals surface area contributed by atoms with Crippen LogP contribution in [0, 0.1) is 0 Å². The van der Waals surface area contributed by atoms with Crippen LogP contribution in [-0.4, -0.2) is 16.7 Å². The van der Waals surface area contributed by atoms with Crippen molar-refractivity contribution in [2.45, 2.75) is 63.3 Å². The molecule has 0 amide bonds. The van der Waals surface area contributed by atoms with E-state index in [1.165, 1.54) is 44.9 Å². The Balaban J connectivity index is 0.00000120. The Kier molecular flexibility index (Phi) is 5.01. The zero-order valence-electron chi connectivity index (χ0n) is 10.7. The zero-order valence-corrected chi connectivity index (χ0v) is 11.5. The van der Waals surface area contributed by atoms with Gasteiger partial charge in [0.25, 0.3) is 0 Å². The summed E-state index contributed by atoms with van der Waals surface area (Å²) in [7, 11) is 0. The largest absolute Gasteiger partial charge is 0.338 e. The molecule has 1 aromatic heterocycles. The van der Waals surface area contributed by atoms with E-state index in [2.05, 4.69) is 15.5 Å². The number of nitrogens with one attached hydrogen (secondary N) is 1. The first-order chi connectivity index (χ1) is 8.43. The quantitative estimate of drug-likeness (QED) is 0.896. The molecule has 2 fully saturated rings. The van der Waals surface area contributed by atoms with E-state index in [-0.39, 0.29) is 12.4 Å². The smallest absolute Gasteiger partial charge is 0.243 e. The normalized spacial score (nSPS) is 25.7. The molecule has 4 nitrogen and oxygen atoms in total. The second-order valence-electron chi connectivity index (χ2n) is 5.33. The number of hydrogen-bond donors (Lipinski definition) is 1. The summed E-state index contributed by atoms with van der Waals surface area (Å²) in [6.07, 6.45) is 10.1. The number of nitrogens with zero attached hydrogens (tertiary/aromatic N) is 2. The van der Waals surface area contributed by atoms with E-state index in [4.69, 9.17) is 4.52 Å². The van der Waals surface area contributed by atoms with Crippen LogP contribution in [0.4, 0.5) is 0 Å². The molecule has 2 heterocycles. The lowest BCUT2D eigenvalue weighted by Crippen LogP contribution is -2.27. The van der Waals surface area contributed by atoms with Crippen molar-refractivity contribution in [3.8, 4) is 0 Å². The molecule has 3 rings (SSSR count). The van der Waals surface area contributed by atoms with Crippen molar-refractivity contribution in [1.82, 2.24) is 15.5 Å². The Labute approximate surface area is 114 Å². The predicted molar refractivity (Wildman–Crippen MR) is 72.0 cm³/mol. The van der Waals surface area contributed by atoms with Crippen LogP contribution in [-0.2, 0) is 0 Å². The van der Waals surface area contributed by atoms with E-state index in [1.807, 2.05) is 0 Å². The first kappa shape index (κ1) is 13.8. The highest BCUT2D eigenvalue weighted by atomic mass is 35.5. The van der Waals surface area contributed by atoms with Gasteiger partial charge in [0.05, 0.1) is 6.04 Å². The molecule has 1 aliphatic heterocycles. The molecule has 0 bridgehead atoms. The predicted octanol–water partition coefficient (Wildman–Crippen LogP) is 3.35. The van der Waals surface area contributed by atoms with Gasteiger partial charge in [-0.2, -0.15) is 4.98 Å². The Morgan fingerprint density at radius 3 is 2.50 bits per heavy atom. The molecule has 1 saturated heterocycles. The number of aromatic nitrogens is 2. The van der Waals surface area contributed by atoms with Crippen LogP contribution < -0.4 is 5.32 Å². The van der Waals surface area contributed by atoms with Gasteiger partial charge in [0, 0.05) is 5.92 Å². The van der Waals surface area contributed by atoms with Crippen LogP contribution in [0.25, 0.3) is 0 Å². The van der Waals surface area contributed by atoms with Crippen LogP contribution in [0.3, 0.4) is 0 Å². The van der Waals surface area contributed by atoms with Crippen molar-refractivity contribution in [3.05, 3.63) is 11.7 Å². The van der Waals surface area contributed by atoms with Crippen LogP contribution in [0.5, 0.6) is 0 Å². The van der Waals surface area contributed by atoms with Crippen molar-refractivity contribution in [2.24, 2.45) is 0 Å². The number of piperidine rings is 1. The first-order valence-corrected chi connectivity index (χ1v) is 7.00. The Morgan fingerprint density at radius 1 is 1.00 bits per heavy atom. The molecule has 0 spiro atoms. The number of rotatable bonds is 2. The third kappa shape index (κ3) is 3.04. The van der Waals surface area contributed by atoms with Crippen LogP contribution in [0.1, 0.15) is 75.0 Å². The monoisotopic (exact) mass is 271 g/mol. The van der Waals surface area contributed by atoms with Crippen molar-refractivity contribution < 1.29 is 4.52 Å². The van der Waals surface area contributed by atoms with Gasteiger partial charge in [-0.1, -0.05) is 30.8 Å². The van der Waals surface area contributed by atoms with Gasteiger partial charge in [0.1, 0.15) is 0 Å². The molecule has 1 aromatic rings. The average Bonchev–Trinajstić information content (AvgIpc) is 2.90. The van der Waals surface area contributed by atoms with Crippen molar-refractivity contribution in [3.63, 3.8) is 0 Å². The summed E-state index contributed by atoms with van der Waals surface area (Å²) in [5.74, 6) is 2.31. The lowest BCUT2D eigenvalue weighted by molar-refractivity contribution is 0.293. The van der Waals surface area contributed by atoms with Gasteiger partial charge in [-0.15, -0.1) is 12.4 Å². The lowest BCUT2D eigenvalue weighted by Gasteiger charge is -2.20. The third-order valence-electron chi connectivity index (χ3n) is 4.04. The van der Waals surface area contributed by atoms with Gasteiger partial charge in [-0.05, 0) is 32.2 Å². The topological polar surface area (TPSA) is 51.0 Å². The van der Waals surface area contributed by atoms with E-state index in [0.717, 1.165) is 24.7 Å². The van der Waals surface area contributed by atoms with Crippen LogP contribution in [0.15, 0.2) is 4.52 Å². The molecule has 0 aromatic carbocycles.